The van der Waals surface area contributed by atoms with E-state index in [0.29, 0.717) is 5.56 Å². The van der Waals surface area contributed by atoms with Crippen molar-refractivity contribution in [3.8, 4) is 6.07 Å². The van der Waals surface area contributed by atoms with Crippen LogP contribution in [0.25, 0.3) is 6.08 Å². The third-order valence-electron chi connectivity index (χ3n) is 5.73. The van der Waals surface area contributed by atoms with Crippen molar-refractivity contribution in [2.75, 3.05) is 24.5 Å². The molecule has 1 atom stereocenters. The summed E-state index contributed by atoms with van der Waals surface area (Å²) in [5.41, 5.74) is 5.14. The van der Waals surface area contributed by atoms with E-state index >= 15 is 0 Å². The zero-order valence-electron chi connectivity index (χ0n) is 17.1. The molecule has 3 aromatic carbocycles. The van der Waals surface area contributed by atoms with Gasteiger partial charge in [-0.3, -0.25) is 4.90 Å². The van der Waals surface area contributed by atoms with Crippen LogP contribution in [-0.4, -0.2) is 24.5 Å². The molecule has 31 heavy (non-hydrogen) atoms. The van der Waals surface area contributed by atoms with Crippen LogP contribution in [0.1, 0.15) is 28.3 Å². The lowest BCUT2D eigenvalue weighted by Gasteiger charge is -2.43. The summed E-state index contributed by atoms with van der Waals surface area (Å²) in [7, 11) is 0. The van der Waals surface area contributed by atoms with E-state index in [9.17, 15) is 0 Å². The van der Waals surface area contributed by atoms with Crippen LogP contribution in [-0.2, 0) is 6.54 Å². The van der Waals surface area contributed by atoms with Crippen LogP contribution < -0.4 is 4.90 Å². The number of rotatable bonds is 5. The number of benzene rings is 3. The topological polar surface area (TPSA) is 30.3 Å². The molecule has 0 bridgehead atoms. The van der Waals surface area contributed by atoms with Gasteiger partial charge in [-0.05, 0) is 53.1 Å². The van der Waals surface area contributed by atoms with Crippen LogP contribution in [0.5, 0.6) is 0 Å². The van der Waals surface area contributed by atoms with E-state index in [2.05, 4.69) is 46.7 Å². The van der Waals surface area contributed by atoms with Crippen LogP contribution >= 0.6 is 23.2 Å². The summed E-state index contributed by atoms with van der Waals surface area (Å²) in [5, 5.41) is 10.5. The minimum atomic E-state index is 0.150. The first-order chi connectivity index (χ1) is 15.1. The van der Waals surface area contributed by atoms with Crippen molar-refractivity contribution in [1.82, 2.24) is 4.90 Å². The third kappa shape index (κ3) is 4.94. The minimum Gasteiger partial charge on any atom is -0.361 e. The molecule has 1 aliphatic rings. The molecular weight excluding hydrogens is 425 g/mol. The Kier molecular flexibility index (Phi) is 6.63. The Labute approximate surface area is 193 Å². The van der Waals surface area contributed by atoms with Crippen LogP contribution in [0.3, 0.4) is 0 Å². The van der Waals surface area contributed by atoms with Gasteiger partial charge in [0, 0.05) is 31.2 Å². The Balaban J connectivity index is 1.61. The number of nitrogens with zero attached hydrogens (tertiary/aromatic N) is 3. The first kappa shape index (κ1) is 21.5. The quantitative estimate of drug-likeness (QED) is 0.442. The van der Waals surface area contributed by atoms with Gasteiger partial charge in [-0.25, -0.2) is 0 Å². The van der Waals surface area contributed by atoms with Crippen molar-refractivity contribution < 1.29 is 0 Å². The Bertz CT molecular complexity index is 1100. The van der Waals surface area contributed by atoms with E-state index in [-0.39, 0.29) is 6.04 Å². The van der Waals surface area contributed by atoms with Crippen molar-refractivity contribution >= 4 is 35.0 Å². The summed E-state index contributed by atoms with van der Waals surface area (Å²) >= 11 is 12.8. The summed E-state index contributed by atoms with van der Waals surface area (Å²) in [6.45, 7) is 7.32. The minimum absolute atomic E-state index is 0.150. The SMILES string of the molecule is C=Cc1ccc(N2CCN(Cc3ccc(C#N)cc3)CC2c2ccc(Cl)cc2)c(Cl)c1. The van der Waals surface area contributed by atoms with Gasteiger partial charge in [0.2, 0.25) is 0 Å². The fourth-order valence-corrected chi connectivity index (χ4v) is 4.49. The lowest BCUT2D eigenvalue weighted by atomic mass is 10.00. The number of nitriles is 1. The number of piperazine rings is 1. The lowest BCUT2D eigenvalue weighted by molar-refractivity contribution is 0.215. The Morgan fingerprint density at radius 1 is 1.00 bits per heavy atom. The molecule has 1 aliphatic heterocycles. The van der Waals surface area contributed by atoms with Crippen molar-refractivity contribution in [1.29, 1.82) is 5.26 Å². The standard InChI is InChI=1S/C26H23Cl2N3/c1-2-19-7-12-25(24(28)15-19)31-14-13-30(17-21-5-3-20(16-29)4-6-21)18-26(31)22-8-10-23(27)11-9-22/h2-12,15,26H,1,13-14,17-18H2. The van der Waals surface area contributed by atoms with Crippen molar-refractivity contribution in [2.45, 2.75) is 12.6 Å². The summed E-state index contributed by atoms with van der Waals surface area (Å²) in [5.74, 6) is 0. The van der Waals surface area contributed by atoms with Crippen LogP contribution in [0, 0.1) is 11.3 Å². The van der Waals surface area contributed by atoms with E-state index in [4.69, 9.17) is 28.5 Å². The second kappa shape index (κ2) is 9.58. The Hall–Kier alpha value is -2.77. The molecule has 0 N–H and O–H groups in total. The molecule has 0 aromatic heterocycles. The molecule has 1 heterocycles. The Morgan fingerprint density at radius 2 is 1.74 bits per heavy atom. The number of anilines is 1. The molecule has 0 saturated carbocycles. The summed E-state index contributed by atoms with van der Waals surface area (Å²) in [6.07, 6.45) is 1.81. The first-order valence-electron chi connectivity index (χ1n) is 10.2. The molecule has 3 nitrogen and oxygen atoms in total. The van der Waals surface area contributed by atoms with Gasteiger partial charge in [-0.15, -0.1) is 0 Å². The van der Waals surface area contributed by atoms with E-state index in [1.165, 1.54) is 11.1 Å². The second-order valence-electron chi connectivity index (χ2n) is 7.72. The largest absolute Gasteiger partial charge is 0.361 e. The van der Waals surface area contributed by atoms with Gasteiger partial charge in [0.15, 0.2) is 0 Å². The van der Waals surface area contributed by atoms with E-state index in [0.717, 1.165) is 47.5 Å². The molecule has 1 unspecified atom stereocenters. The van der Waals surface area contributed by atoms with Crippen LogP contribution in [0.2, 0.25) is 10.0 Å². The highest BCUT2D eigenvalue weighted by Gasteiger charge is 2.29. The molecule has 3 aromatic rings. The van der Waals surface area contributed by atoms with Crippen molar-refractivity contribution in [3.05, 3.63) is 106 Å². The van der Waals surface area contributed by atoms with Crippen molar-refractivity contribution in [2.24, 2.45) is 0 Å². The Morgan fingerprint density at radius 3 is 2.39 bits per heavy atom. The highest BCUT2D eigenvalue weighted by Crippen LogP contribution is 2.36. The molecule has 0 amide bonds. The molecule has 0 aliphatic carbocycles. The maximum absolute atomic E-state index is 9.03. The maximum Gasteiger partial charge on any atom is 0.0991 e. The molecular formula is C26H23Cl2N3. The lowest BCUT2D eigenvalue weighted by Crippen LogP contribution is -2.48. The summed E-state index contributed by atoms with van der Waals surface area (Å²) in [4.78, 5) is 4.83. The van der Waals surface area contributed by atoms with Gasteiger partial charge in [-0.2, -0.15) is 5.26 Å². The van der Waals surface area contributed by atoms with E-state index in [1.54, 1.807) is 0 Å². The van der Waals surface area contributed by atoms with Gasteiger partial charge >= 0.3 is 0 Å². The molecule has 0 radical (unpaired) electrons. The smallest absolute Gasteiger partial charge is 0.0991 e. The maximum atomic E-state index is 9.03. The molecule has 5 heteroatoms. The van der Waals surface area contributed by atoms with Gasteiger partial charge in [0.1, 0.15) is 0 Å². The van der Waals surface area contributed by atoms with E-state index in [1.807, 2.05) is 48.5 Å². The van der Waals surface area contributed by atoms with E-state index < -0.39 is 0 Å². The average Bonchev–Trinajstić information content (AvgIpc) is 2.80. The number of hydrogen-bond donors (Lipinski definition) is 0. The van der Waals surface area contributed by atoms with Gasteiger partial charge in [0.05, 0.1) is 28.4 Å². The predicted molar refractivity (Wildman–Crippen MR) is 130 cm³/mol. The van der Waals surface area contributed by atoms with Crippen LogP contribution in [0.4, 0.5) is 5.69 Å². The van der Waals surface area contributed by atoms with Gasteiger partial charge < -0.3 is 4.90 Å². The highest BCUT2D eigenvalue weighted by atomic mass is 35.5. The fourth-order valence-electron chi connectivity index (χ4n) is 4.07. The first-order valence-corrected chi connectivity index (χ1v) is 11.0. The highest BCUT2D eigenvalue weighted by molar-refractivity contribution is 6.33. The molecule has 4 rings (SSSR count). The second-order valence-corrected chi connectivity index (χ2v) is 8.56. The normalized spacial score (nSPS) is 16.7. The molecule has 1 saturated heterocycles. The monoisotopic (exact) mass is 447 g/mol. The fraction of sp³-hybridized carbons (Fsp3) is 0.192. The molecule has 0 spiro atoms. The van der Waals surface area contributed by atoms with Gasteiger partial charge in [0.25, 0.3) is 0 Å². The summed E-state index contributed by atoms with van der Waals surface area (Å²) < 4.78 is 0. The molecule has 1 fully saturated rings. The van der Waals surface area contributed by atoms with Crippen LogP contribution in [0.15, 0.2) is 73.3 Å². The zero-order chi connectivity index (χ0) is 21.8. The molecule has 156 valence electrons. The zero-order valence-corrected chi connectivity index (χ0v) is 18.7. The third-order valence-corrected chi connectivity index (χ3v) is 6.28. The summed E-state index contributed by atoms with van der Waals surface area (Å²) in [6, 6.07) is 24.3. The van der Waals surface area contributed by atoms with Gasteiger partial charge in [-0.1, -0.05) is 66.2 Å². The number of halogens is 2. The number of hydrogen-bond acceptors (Lipinski definition) is 3. The predicted octanol–water partition coefficient (Wildman–Crippen LogP) is 6.57. The van der Waals surface area contributed by atoms with Crippen molar-refractivity contribution in [3.63, 3.8) is 0 Å². The average molecular weight is 448 g/mol.